The second kappa shape index (κ2) is 9.52. The number of aryl methyl sites for hydroxylation is 1. The Balaban J connectivity index is 1.80. The van der Waals surface area contributed by atoms with Gasteiger partial charge in [0.25, 0.3) is 0 Å². The summed E-state index contributed by atoms with van der Waals surface area (Å²) in [5.74, 6) is 0.990. The van der Waals surface area contributed by atoms with E-state index < -0.39 is 12.3 Å². The molecular weight excluding hydrogens is 382 g/mol. The van der Waals surface area contributed by atoms with Crippen LogP contribution in [0.4, 0.5) is 0 Å². The van der Waals surface area contributed by atoms with Crippen LogP contribution in [0.5, 0.6) is 23.0 Å². The third-order valence-electron chi connectivity index (χ3n) is 4.98. The van der Waals surface area contributed by atoms with Crippen LogP contribution in [0.25, 0.3) is 0 Å². The fourth-order valence-electron chi connectivity index (χ4n) is 3.23. The summed E-state index contributed by atoms with van der Waals surface area (Å²) >= 11 is 0. The number of nitrogens with one attached hydrogen (secondary N) is 1. The van der Waals surface area contributed by atoms with Gasteiger partial charge in [-0.15, -0.1) is 0 Å². The Hall–Kier alpha value is -3.22. The summed E-state index contributed by atoms with van der Waals surface area (Å²) in [6, 6.07) is 18.8. The van der Waals surface area contributed by atoms with E-state index in [1.165, 1.54) is 0 Å². The number of aliphatic hydroxyl groups excluding tert-OH is 1. The highest BCUT2D eigenvalue weighted by atomic mass is 16.5. The molecule has 158 valence electrons. The van der Waals surface area contributed by atoms with Gasteiger partial charge in [-0.05, 0) is 73.0 Å². The number of aromatic hydroxyl groups is 3. The van der Waals surface area contributed by atoms with Crippen molar-refractivity contribution in [1.82, 2.24) is 5.32 Å². The van der Waals surface area contributed by atoms with Gasteiger partial charge in [0.1, 0.15) is 29.1 Å². The first-order valence-electron chi connectivity index (χ1n) is 9.79. The SMILES string of the molecule is Cc1cc(OC(NCC(c2ccc(O)cc2)c2ccc(O)cc2)C(C)O)ccc1O. The second-order valence-corrected chi connectivity index (χ2v) is 7.37. The lowest BCUT2D eigenvalue weighted by atomic mass is 9.91. The van der Waals surface area contributed by atoms with E-state index in [2.05, 4.69) is 5.32 Å². The molecule has 2 unspecified atom stereocenters. The van der Waals surface area contributed by atoms with Crippen LogP contribution in [0, 0.1) is 6.92 Å². The van der Waals surface area contributed by atoms with E-state index in [0.717, 1.165) is 11.1 Å². The van der Waals surface area contributed by atoms with Gasteiger partial charge in [0.05, 0.1) is 0 Å². The predicted octanol–water partition coefficient (Wildman–Crippen LogP) is 3.62. The number of ether oxygens (including phenoxy) is 1. The van der Waals surface area contributed by atoms with Crippen molar-refractivity contribution in [1.29, 1.82) is 0 Å². The van der Waals surface area contributed by atoms with Gasteiger partial charge >= 0.3 is 0 Å². The molecule has 2 atom stereocenters. The lowest BCUT2D eigenvalue weighted by Crippen LogP contribution is -2.44. The Kier molecular flexibility index (Phi) is 6.82. The lowest BCUT2D eigenvalue weighted by molar-refractivity contribution is 0.0266. The van der Waals surface area contributed by atoms with E-state index in [1.54, 1.807) is 56.3 Å². The molecule has 0 saturated carbocycles. The third kappa shape index (κ3) is 5.43. The van der Waals surface area contributed by atoms with Gasteiger partial charge < -0.3 is 25.2 Å². The van der Waals surface area contributed by atoms with Gasteiger partial charge in [-0.2, -0.15) is 0 Å². The van der Waals surface area contributed by atoms with Crippen LogP contribution in [0.2, 0.25) is 0 Å². The third-order valence-corrected chi connectivity index (χ3v) is 4.98. The number of hydrogen-bond acceptors (Lipinski definition) is 6. The molecule has 30 heavy (non-hydrogen) atoms. The summed E-state index contributed by atoms with van der Waals surface area (Å²) in [4.78, 5) is 0. The normalized spacial score (nSPS) is 13.2. The van der Waals surface area contributed by atoms with E-state index in [9.17, 15) is 20.4 Å². The summed E-state index contributed by atoms with van der Waals surface area (Å²) < 4.78 is 5.92. The molecule has 0 amide bonds. The monoisotopic (exact) mass is 409 g/mol. The highest BCUT2D eigenvalue weighted by molar-refractivity contribution is 5.39. The van der Waals surface area contributed by atoms with Gasteiger partial charge in [0.2, 0.25) is 0 Å². The number of aliphatic hydroxyl groups is 1. The van der Waals surface area contributed by atoms with Crippen molar-refractivity contribution in [3.63, 3.8) is 0 Å². The second-order valence-electron chi connectivity index (χ2n) is 7.37. The van der Waals surface area contributed by atoms with E-state index in [4.69, 9.17) is 4.74 Å². The Morgan fingerprint density at radius 1 is 0.833 bits per heavy atom. The van der Waals surface area contributed by atoms with Gasteiger partial charge in [-0.3, -0.25) is 5.32 Å². The lowest BCUT2D eigenvalue weighted by Gasteiger charge is -2.26. The van der Waals surface area contributed by atoms with Gasteiger partial charge in [-0.1, -0.05) is 24.3 Å². The molecule has 0 radical (unpaired) electrons. The van der Waals surface area contributed by atoms with Gasteiger partial charge in [0.15, 0.2) is 6.23 Å². The van der Waals surface area contributed by atoms with E-state index in [0.29, 0.717) is 17.9 Å². The molecule has 0 fully saturated rings. The molecule has 0 aromatic heterocycles. The summed E-state index contributed by atoms with van der Waals surface area (Å²) in [6.07, 6.45) is -1.47. The molecule has 5 N–H and O–H groups in total. The van der Waals surface area contributed by atoms with Crippen LogP contribution in [-0.4, -0.2) is 39.3 Å². The summed E-state index contributed by atoms with van der Waals surface area (Å²) in [6.45, 7) is 3.86. The highest BCUT2D eigenvalue weighted by Crippen LogP contribution is 2.28. The first-order chi connectivity index (χ1) is 14.3. The number of benzene rings is 3. The molecule has 0 bridgehead atoms. The zero-order valence-electron chi connectivity index (χ0n) is 17.0. The molecular formula is C24H27NO5. The molecule has 0 aliphatic carbocycles. The Morgan fingerprint density at radius 2 is 1.37 bits per heavy atom. The standard InChI is InChI=1S/C24H27NO5/c1-15-13-21(11-12-23(15)29)30-24(16(2)26)25-14-22(17-3-7-19(27)8-4-17)18-5-9-20(28)10-6-18/h3-13,16,22,24-29H,14H2,1-2H3. The van der Waals surface area contributed by atoms with Crippen LogP contribution < -0.4 is 10.1 Å². The van der Waals surface area contributed by atoms with Crippen molar-refractivity contribution in [2.45, 2.75) is 32.1 Å². The largest absolute Gasteiger partial charge is 0.508 e. The highest BCUT2D eigenvalue weighted by Gasteiger charge is 2.21. The van der Waals surface area contributed by atoms with Crippen molar-refractivity contribution in [3.8, 4) is 23.0 Å². The maximum atomic E-state index is 10.2. The van der Waals surface area contributed by atoms with Crippen LogP contribution in [0.3, 0.4) is 0 Å². The summed E-state index contributed by atoms with van der Waals surface area (Å²) in [5, 5.41) is 42.4. The maximum Gasteiger partial charge on any atom is 0.176 e. The molecule has 0 aliphatic rings. The Bertz CT molecular complexity index is 909. The first kappa shape index (κ1) is 21.5. The van der Waals surface area contributed by atoms with Crippen LogP contribution in [0.1, 0.15) is 29.5 Å². The Morgan fingerprint density at radius 3 is 1.83 bits per heavy atom. The molecule has 3 rings (SSSR count). The first-order valence-corrected chi connectivity index (χ1v) is 9.79. The summed E-state index contributed by atoms with van der Waals surface area (Å²) in [7, 11) is 0. The van der Waals surface area contributed by atoms with Crippen LogP contribution in [-0.2, 0) is 0 Å². The van der Waals surface area contributed by atoms with Crippen molar-refractivity contribution in [2.75, 3.05) is 6.54 Å². The zero-order chi connectivity index (χ0) is 21.7. The van der Waals surface area contributed by atoms with Crippen molar-refractivity contribution < 1.29 is 25.2 Å². The smallest absolute Gasteiger partial charge is 0.176 e. The quantitative estimate of drug-likeness (QED) is 0.364. The van der Waals surface area contributed by atoms with Gasteiger partial charge in [0, 0.05) is 12.5 Å². The van der Waals surface area contributed by atoms with E-state index in [1.807, 2.05) is 24.3 Å². The van der Waals surface area contributed by atoms with Crippen molar-refractivity contribution >= 4 is 0 Å². The topological polar surface area (TPSA) is 102 Å². The summed E-state index contributed by atoms with van der Waals surface area (Å²) in [5.41, 5.74) is 2.62. The molecule has 0 aliphatic heterocycles. The molecule has 3 aromatic carbocycles. The number of phenolic OH excluding ortho intramolecular Hbond substituents is 3. The number of hydrogen-bond donors (Lipinski definition) is 5. The fourth-order valence-corrected chi connectivity index (χ4v) is 3.23. The molecule has 0 saturated heterocycles. The average Bonchev–Trinajstić information content (AvgIpc) is 2.72. The molecule has 6 nitrogen and oxygen atoms in total. The predicted molar refractivity (Wildman–Crippen MR) is 115 cm³/mol. The number of rotatable bonds is 8. The minimum atomic E-state index is -0.792. The average molecular weight is 409 g/mol. The minimum Gasteiger partial charge on any atom is -0.508 e. The van der Waals surface area contributed by atoms with Gasteiger partial charge in [-0.25, -0.2) is 0 Å². The Labute approximate surface area is 176 Å². The molecule has 3 aromatic rings. The van der Waals surface area contributed by atoms with Crippen LogP contribution in [0.15, 0.2) is 66.7 Å². The minimum absolute atomic E-state index is 0.0994. The maximum absolute atomic E-state index is 10.2. The fraction of sp³-hybridized carbons (Fsp3) is 0.250. The van der Waals surface area contributed by atoms with Crippen LogP contribution >= 0.6 is 0 Å². The van der Waals surface area contributed by atoms with Crippen molar-refractivity contribution in [3.05, 3.63) is 83.4 Å². The molecule has 6 heteroatoms. The zero-order valence-corrected chi connectivity index (χ0v) is 17.0. The molecule has 0 heterocycles. The van der Waals surface area contributed by atoms with Crippen molar-refractivity contribution in [2.24, 2.45) is 0 Å². The van der Waals surface area contributed by atoms with E-state index in [-0.39, 0.29) is 23.2 Å². The molecule has 0 spiro atoms. The van der Waals surface area contributed by atoms with E-state index >= 15 is 0 Å². The number of phenols is 3.